The predicted molar refractivity (Wildman–Crippen MR) is 39.0 cm³/mol. The Morgan fingerprint density at radius 1 is 1.18 bits per heavy atom. The van der Waals surface area contributed by atoms with Crippen LogP contribution in [-0.2, 0) is 0 Å². The van der Waals surface area contributed by atoms with Gasteiger partial charge in [0.1, 0.15) is 0 Å². The Kier molecular flexibility index (Phi) is 2.44. The predicted octanol–water partition coefficient (Wildman–Crippen LogP) is 3.52. The third kappa shape index (κ3) is 1.51. The lowest BCUT2D eigenvalue weighted by atomic mass is 10.3. The van der Waals surface area contributed by atoms with E-state index in [9.17, 15) is 13.2 Å². The summed E-state index contributed by atoms with van der Waals surface area (Å²) in [5, 5.41) is -0.455. The van der Waals surface area contributed by atoms with Crippen LogP contribution in [0.15, 0.2) is 10.5 Å². The van der Waals surface area contributed by atoms with Crippen LogP contribution in [0.3, 0.4) is 0 Å². The van der Waals surface area contributed by atoms with Crippen molar-refractivity contribution in [3.05, 3.63) is 33.0 Å². The Labute approximate surface area is 74.1 Å². The summed E-state index contributed by atoms with van der Waals surface area (Å²) in [4.78, 5) is 0. The van der Waals surface area contributed by atoms with Gasteiger partial charge in [-0.15, -0.1) is 0 Å². The van der Waals surface area contributed by atoms with Crippen molar-refractivity contribution in [2.75, 3.05) is 0 Å². The molecule has 0 aliphatic heterocycles. The molecule has 5 heteroatoms. The first-order chi connectivity index (χ1) is 5.04. The molecular weight excluding hydrogens is 244 g/mol. The van der Waals surface area contributed by atoms with Gasteiger partial charge >= 0.3 is 0 Å². The van der Waals surface area contributed by atoms with Gasteiger partial charge in [0, 0.05) is 4.47 Å². The summed E-state index contributed by atoms with van der Waals surface area (Å²) in [5.41, 5.74) is 0. The standard InChI is InChI=1S/C6HBrClF3/c7-2-1-3(9)5(10)6(11)4(2)8/h1H. The minimum atomic E-state index is -1.56. The van der Waals surface area contributed by atoms with Crippen LogP contribution >= 0.6 is 27.5 Å². The van der Waals surface area contributed by atoms with E-state index in [-0.39, 0.29) is 4.47 Å². The molecule has 0 bridgehead atoms. The van der Waals surface area contributed by atoms with Gasteiger partial charge in [-0.25, -0.2) is 13.2 Å². The van der Waals surface area contributed by atoms with Gasteiger partial charge in [-0.1, -0.05) is 11.6 Å². The van der Waals surface area contributed by atoms with Gasteiger partial charge in [0.05, 0.1) is 5.02 Å². The lowest BCUT2D eigenvalue weighted by molar-refractivity contribution is 0.446. The van der Waals surface area contributed by atoms with E-state index in [4.69, 9.17) is 11.6 Å². The Morgan fingerprint density at radius 2 is 1.73 bits per heavy atom. The molecule has 0 amide bonds. The molecule has 0 heterocycles. The van der Waals surface area contributed by atoms with E-state index in [0.29, 0.717) is 0 Å². The summed E-state index contributed by atoms with van der Waals surface area (Å²) in [6.45, 7) is 0. The van der Waals surface area contributed by atoms with Gasteiger partial charge in [-0.3, -0.25) is 0 Å². The molecule has 0 radical (unpaired) electrons. The highest BCUT2D eigenvalue weighted by atomic mass is 79.9. The number of hydrogen-bond donors (Lipinski definition) is 0. The summed E-state index contributed by atoms with van der Waals surface area (Å²) in [6.07, 6.45) is 0. The number of rotatable bonds is 0. The van der Waals surface area contributed by atoms with E-state index in [1.165, 1.54) is 0 Å². The van der Waals surface area contributed by atoms with E-state index in [2.05, 4.69) is 15.9 Å². The zero-order valence-corrected chi connectivity index (χ0v) is 7.31. The third-order valence-electron chi connectivity index (χ3n) is 1.06. The normalized spacial score (nSPS) is 10.3. The molecule has 0 nitrogen and oxygen atoms in total. The van der Waals surface area contributed by atoms with E-state index >= 15 is 0 Å². The fourth-order valence-corrected chi connectivity index (χ4v) is 1.06. The van der Waals surface area contributed by atoms with Crippen LogP contribution in [0.2, 0.25) is 5.02 Å². The van der Waals surface area contributed by atoms with Crippen molar-refractivity contribution in [1.82, 2.24) is 0 Å². The number of hydrogen-bond acceptors (Lipinski definition) is 0. The molecule has 11 heavy (non-hydrogen) atoms. The minimum Gasteiger partial charge on any atom is -0.204 e. The molecule has 0 aliphatic carbocycles. The smallest absolute Gasteiger partial charge is 0.196 e. The lowest BCUT2D eigenvalue weighted by Crippen LogP contribution is -1.91. The highest BCUT2D eigenvalue weighted by molar-refractivity contribution is 9.10. The summed E-state index contributed by atoms with van der Waals surface area (Å²) >= 11 is 7.98. The van der Waals surface area contributed by atoms with E-state index in [1.807, 2.05) is 0 Å². The number of halogens is 5. The molecule has 0 unspecified atom stereocenters. The molecule has 60 valence electrons. The van der Waals surface area contributed by atoms with Crippen LogP contribution in [0.4, 0.5) is 13.2 Å². The van der Waals surface area contributed by atoms with Gasteiger partial charge in [0.15, 0.2) is 17.5 Å². The summed E-state index contributed by atoms with van der Waals surface area (Å²) in [5.74, 6) is -4.20. The first-order valence-electron chi connectivity index (χ1n) is 2.52. The maximum atomic E-state index is 12.5. The second-order valence-electron chi connectivity index (χ2n) is 1.78. The molecule has 0 spiro atoms. The second kappa shape index (κ2) is 3.03. The zero-order valence-electron chi connectivity index (χ0n) is 4.97. The molecule has 1 aromatic rings. The number of benzene rings is 1. The van der Waals surface area contributed by atoms with Crippen LogP contribution in [0, 0.1) is 17.5 Å². The SMILES string of the molecule is Fc1cc(Br)c(Cl)c(F)c1F. The Balaban J connectivity index is 3.46. The Bertz CT molecular complexity index is 274. The summed E-state index contributed by atoms with van der Waals surface area (Å²) in [7, 11) is 0. The average Bonchev–Trinajstić information content (AvgIpc) is 1.97. The van der Waals surface area contributed by atoms with Crippen molar-refractivity contribution >= 4 is 27.5 Å². The fraction of sp³-hybridized carbons (Fsp3) is 0. The quantitative estimate of drug-likeness (QED) is 0.484. The first-order valence-corrected chi connectivity index (χ1v) is 3.69. The lowest BCUT2D eigenvalue weighted by Gasteiger charge is -1.99. The van der Waals surface area contributed by atoms with Crippen molar-refractivity contribution in [3.8, 4) is 0 Å². The largest absolute Gasteiger partial charge is 0.204 e. The highest BCUT2D eigenvalue weighted by Gasteiger charge is 2.15. The molecule has 0 atom stereocenters. The molecule has 0 aromatic heterocycles. The monoisotopic (exact) mass is 244 g/mol. The van der Waals surface area contributed by atoms with Gasteiger partial charge in [-0.2, -0.15) is 0 Å². The van der Waals surface area contributed by atoms with Crippen molar-refractivity contribution < 1.29 is 13.2 Å². The highest BCUT2D eigenvalue weighted by Crippen LogP contribution is 2.28. The van der Waals surface area contributed by atoms with E-state index < -0.39 is 22.5 Å². The molecule has 0 fully saturated rings. The fourth-order valence-electron chi connectivity index (χ4n) is 0.544. The molecule has 1 rings (SSSR count). The minimum absolute atomic E-state index is 0.00410. The molecule has 0 aliphatic rings. The molecule has 0 saturated heterocycles. The van der Waals surface area contributed by atoms with Crippen molar-refractivity contribution in [2.24, 2.45) is 0 Å². The van der Waals surface area contributed by atoms with Crippen molar-refractivity contribution in [2.45, 2.75) is 0 Å². The summed E-state index contributed by atoms with van der Waals surface area (Å²) in [6, 6.07) is 0.765. The maximum Gasteiger partial charge on any atom is 0.196 e. The Hall–Kier alpha value is -0.220. The van der Waals surface area contributed by atoms with E-state index in [1.54, 1.807) is 0 Å². The summed E-state index contributed by atoms with van der Waals surface area (Å²) < 4.78 is 37.1. The van der Waals surface area contributed by atoms with Gasteiger partial charge in [-0.05, 0) is 22.0 Å². The van der Waals surface area contributed by atoms with Gasteiger partial charge < -0.3 is 0 Å². The van der Waals surface area contributed by atoms with Crippen molar-refractivity contribution in [3.63, 3.8) is 0 Å². The zero-order chi connectivity index (χ0) is 8.59. The topological polar surface area (TPSA) is 0 Å². The average molecular weight is 245 g/mol. The van der Waals surface area contributed by atoms with Gasteiger partial charge in [0.25, 0.3) is 0 Å². The van der Waals surface area contributed by atoms with E-state index in [0.717, 1.165) is 6.07 Å². The van der Waals surface area contributed by atoms with Crippen LogP contribution < -0.4 is 0 Å². The van der Waals surface area contributed by atoms with Crippen LogP contribution in [0.25, 0.3) is 0 Å². The molecular formula is C6HBrClF3. The second-order valence-corrected chi connectivity index (χ2v) is 3.01. The molecule has 0 saturated carbocycles. The third-order valence-corrected chi connectivity index (χ3v) is 2.28. The molecule has 1 aromatic carbocycles. The molecule has 0 N–H and O–H groups in total. The Morgan fingerprint density at radius 3 is 2.27 bits per heavy atom. The van der Waals surface area contributed by atoms with Crippen LogP contribution in [0.5, 0.6) is 0 Å². The van der Waals surface area contributed by atoms with Gasteiger partial charge in [0.2, 0.25) is 0 Å². The van der Waals surface area contributed by atoms with Crippen LogP contribution in [0.1, 0.15) is 0 Å². The maximum absolute atomic E-state index is 12.5. The van der Waals surface area contributed by atoms with Crippen LogP contribution in [-0.4, -0.2) is 0 Å². The first kappa shape index (κ1) is 8.87. The van der Waals surface area contributed by atoms with Crippen molar-refractivity contribution in [1.29, 1.82) is 0 Å².